The van der Waals surface area contributed by atoms with Crippen LogP contribution in [0.2, 0.25) is 0 Å². The Labute approximate surface area is 186 Å². The van der Waals surface area contributed by atoms with Gasteiger partial charge in [0.1, 0.15) is 11.4 Å². The third-order valence-electron chi connectivity index (χ3n) is 3.89. The number of rotatable bonds is 8. The lowest BCUT2D eigenvalue weighted by molar-refractivity contribution is 0.0635. The summed E-state index contributed by atoms with van der Waals surface area (Å²) in [4.78, 5) is 24.6. The maximum atomic E-state index is 13.7. The van der Waals surface area contributed by atoms with Gasteiger partial charge in [0, 0.05) is 19.2 Å². The van der Waals surface area contributed by atoms with E-state index in [1.165, 1.54) is 37.4 Å². The average molecular weight is 468 g/mol. The van der Waals surface area contributed by atoms with Gasteiger partial charge in [0.15, 0.2) is 0 Å². The third kappa shape index (κ3) is 7.59. The molecule has 32 heavy (non-hydrogen) atoms. The number of halogens is 1. The van der Waals surface area contributed by atoms with E-state index in [0.717, 1.165) is 12.1 Å². The molecule has 0 fully saturated rings. The summed E-state index contributed by atoms with van der Waals surface area (Å²) < 4.78 is 50.5. The van der Waals surface area contributed by atoms with Crippen molar-refractivity contribution in [3.8, 4) is 0 Å². The summed E-state index contributed by atoms with van der Waals surface area (Å²) in [5, 5.41) is 4.97. The summed E-state index contributed by atoms with van der Waals surface area (Å²) in [6.07, 6.45) is -0.768. The molecule has 0 aromatic heterocycles. The Morgan fingerprint density at radius 2 is 1.66 bits per heavy atom. The van der Waals surface area contributed by atoms with Crippen molar-refractivity contribution in [3.63, 3.8) is 0 Å². The van der Waals surface area contributed by atoms with Crippen molar-refractivity contribution in [2.24, 2.45) is 0 Å². The van der Waals surface area contributed by atoms with E-state index in [4.69, 9.17) is 9.47 Å². The van der Waals surface area contributed by atoms with E-state index in [1.54, 1.807) is 20.8 Å². The zero-order valence-electron chi connectivity index (χ0n) is 18.2. The van der Waals surface area contributed by atoms with E-state index in [-0.39, 0.29) is 35.0 Å². The van der Waals surface area contributed by atoms with E-state index < -0.39 is 33.4 Å². The van der Waals surface area contributed by atoms with Crippen LogP contribution in [0.4, 0.5) is 20.6 Å². The lowest BCUT2D eigenvalue weighted by Gasteiger charge is -2.20. The minimum Gasteiger partial charge on any atom is -0.444 e. The summed E-state index contributed by atoms with van der Waals surface area (Å²) in [5.74, 6) is -1.25. The number of carbonyl (C=O) groups is 2. The van der Waals surface area contributed by atoms with Crippen LogP contribution in [0.25, 0.3) is 0 Å². The predicted octanol–water partition coefficient (Wildman–Crippen LogP) is 3.35. The molecule has 2 aromatic rings. The minimum absolute atomic E-state index is 0.0128. The van der Waals surface area contributed by atoms with Crippen molar-refractivity contribution in [1.82, 2.24) is 4.72 Å². The van der Waals surface area contributed by atoms with E-state index in [2.05, 4.69) is 15.4 Å². The minimum atomic E-state index is -3.75. The van der Waals surface area contributed by atoms with E-state index in [1.807, 2.05) is 0 Å². The van der Waals surface area contributed by atoms with Crippen molar-refractivity contribution < 1.29 is 31.9 Å². The molecule has 0 spiro atoms. The highest BCUT2D eigenvalue weighted by molar-refractivity contribution is 7.89. The molecule has 0 heterocycles. The summed E-state index contributed by atoms with van der Waals surface area (Å²) in [5.41, 5.74) is -0.462. The molecule has 2 rings (SSSR count). The fourth-order valence-electron chi connectivity index (χ4n) is 2.48. The van der Waals surface area contributed by atoms with Crippen molar-refractivity contribution in [3.05, 3.63) is 53.8 Å². The Morgan fingerprint density at radius 3 is 2.25 bits per heavy atom. The summed E-state index contributed by atoms with van der Waals surface area (Å²) in [6.45, 7) is 5.39. The van der Waals surface area contributed by atoms with Crippen molar-refractivity contribution in [2.45, 2.75) is 31.3 Å². The average Bonchev–Trinajstić information content (AvgIpc) is 2.69. The van der Waals surface area contributed by atoms with Gasteiger partial charge in [-0.2, -0.15) is 0 Å². The molecule has 0 radical (unpaired) electrons. The van der Waals surface area contributed by atoms with Crippen molar-refractivity contribution >= 4 is 33.4 Å². The van der Waals surface area contributed by atoms with Crippen LogP contribution in [0.3, 0.4) is 0 Å². The van der Waals surface area contributed by atoms with Gasteiger partial charge >= 0.3 is 6.09 Å². The SMILES string of the molecule is COCCNS(=O)(=O)c1ccc(C(=O)Nc2cc(F)ccc2NC(=O)OC(C)(C)C)cc1. The summed E-state index contributed by atoms with van der Waals surface area (Å²) in [7, 11) is -2.29. The number of benzene rings is 2. The highest BCUT2D eigenvalue weighted by Gasteiger charge is 2.19. The lowest BCUT2D eigenvalue weighted by Crippen LogP contribution is -2.27. The Kier molecular flexibility index (Phi) is 8.31. The molecule has 2 amide bonds. The molecular formula is C21H26FN3O6S. The predicted molar refractivity (Wildman–Crippen MR) is 118 cm³/mol. The normalized spacial score (nSPS) is 11.7. The number of sulfonamides is 1. The number of amides is 2. The first-order chi connectivity index (χ1) is 14.9. The van der Waals surface area contributed by atoms with Crippen LogP contribution in [0, 0.1) is 5.82 Å². The fraction of sp³-hybridized carbons (Fsp3) is 0.333. The Hall–Kier alpha value is -3.02. The number of nitrogens with one attached hydrogen (secondary N) is 3. The maximum absolute atomic E-state index is 13.7. The van der Waals surface area contributed by atoms with E-state index in [9.17, 15) is 22.4 Å². The molecule has 0 atom stereocenters. The molecule has 0 saturated carbocycles. The third-order valence-corrected chi connectivity index (χ3v) is 5.37. The zero-order chi connectivity index (χ0) is 23.9. The highest BCUT2D eigenvalue weighted by atomic mass is 32.2. The van der Waals surface area contributed by atoms with Crippen LogP contribution in [-0.4, -0.2) is 46.3 Å². The molecule has 0 saturated heterocycles. The molecule has 0 aliphatic carbocycles. The molecule has 2 aromatic carbocycles. The second kappa shape index (κ2) is 10.5. The monoisotopic (exact) mass is 467 g/mol. The molecule has 0 bridgehead atoms. The molecular weight excluding hydrogens is 441 g/mol. The first kappa shape index (κ1) is 25.2. The number of hydrogen-bond acceptors (Lipinski definition) is 6. The first-order valence-electron chi connectivity index (χ1n) is 9.61. The smallest absolute Gasteiger partial charge is 0.412 e. The molecule has 9 nitrogen and oxygen atoms in total. The fourth-order valence-corrected chi connectivity index (χ4v) is 3.50. The van der Waals surface area contributed by atoms with E-state index >= 15 is 0 Å². The lowest BCUT2D eigenvalue weighted by atomic mass is 10.2. The largest absolute Gasteiger partial charge is 0.444 e. The van der Waals surface area contributed by atoms with Gasteiger partial charge in [0.25, 0.3) is 5.91 Å². The van der Waals surface area contributed by atoms with Crippen molar-refractivity contribution in [1.29, 1.82) is 0 Å². The molecule has 11 heteroatoms. The molecule has 0 aliphatic heterocycles. The topological polar surface area (TPSA) is 123 Å². The Morgan fingerprint density at radius 1 is 1.00 bits per heavy atom. The van der Waals surface area contributed by atoms with Crippen LogP contribution < -0.4 is 15.4 Å². The molecule has 174 valence electrons. The van der Waals surface area contributed by atoms with Crippen LogP contribution in [-0.2, 0) is 19.5 Å². The van der Waals surface area contributed by atoms with E-state index in [0.29, 0.717) is 0 Å². The van der Waals surface area contributed by atoms with Gasteiger partial charge < -0.3 is 14.8 Å². The van der Waals surface area contributed by atoms with Crippen LogP contribution in [0.5, 0.6) is 0 Å². The number of anilines is 2. The van der Waals surface area contributed by atoms with Gasteiger partial charge in [-0.3, -0.25) is 10.1 Å². The number of ether oxygens (including phenoxy) is 2. The van der Waals surface area contributed by atoms with Crippen LogP contribution in [0.1, 0.15) is 31.1 Å². The first-order valence-corrected chi connectivity index (χ1v) is 11.1. The van der Waals surface area contributed by atoms with Gasteiger partial charge in [-0.1, -0.05) is 0 Å². The second-order valence-electron chi connectivity index (χ2n) is 7.69. The second-order valence-corrected chi connectivity index (χ2v) is 9.45. The van der Waals surface area contributed by atoms with Crippen LogP contribution in [0.15, 0.2) is 47.4 Å². The number of hydrogen-bond donors (Lipinski definition) is 3. The van der Waals surface area contributed by atoms with Gasteiger partial charge in [-0.15, -0.1) is 0 Å². The van der Waals surface area contributed by atoms with Gasteiger partial charge in [0.05, 0.1) is 22.9 Å². The zero-order valence-corrected chi connectivity index (χ0v) is 19.0. The van der Waals surface area contributed by atoms with Gasteiger partial charge in [-0.25, -0.2) is 22.3 Å². The van der Waals surface area contributed by atoms with Gasteiger partial charge in [-0.05, 0) is 63.2 Å². The molecule has 3 N–H and O–H groups in total. The maximum Gasteiger partial charge on any atom is 0.412 e. The summed E-state index contributed by atoms with van der Waals surface area (Å²) in [6, 6.07) is 8.64. The standard InChI is InChI=1S/C21H26FN3O6S/c1-21(2,3)31-20(27)25-17-10-7-15(22)13-18(17)24-19(26)14-5-8-16(9-6-14)32(28,29)23-11-12-30-4/h5-10,13,23H,11-12H2,1-4H3,(H,24,26)(H,25,27). The molecule has 0 unspecified atom stereocenters. The quantitative estimate of drug-likeness (QED) is 0.512. The van der Waals surface area contributed by atoms with Crippen LogP contribution >= 0.6 is 0 Å². The Bertz CT molecular complexity index is 1070. The number of methoxy groups -OCH3 is 1. The highest BCUT2D eigenvalue weighted by Crippen LogP contribution is 2.24. The summed E-state index contributed by atoms with van der Waals surface area (Å²) >= 11 is 0. The molecule has 0 aliphatic rings. The van der Waals surface area contributed by atoms with Crippen molar-refractivity contribution in [2.75, 3.05) is 30.9 Å². The number of carbonyl (C=O) groups excluding carboxylic acids is 2. The Balaban J connectivity index is 2.15. The van der Waals surface area contributed by atoms with Gasteiger partial charge in [0.2, 0.25) is 10.0 Å².